The van der Waals surface area contributed by atoms with Gasteiger partial charge in [-0.15, -0.1) is 0 Å². The summed E-state index contributed by atoms with van der Waals surface area (Å²) in [4.78, 5) is 11.3. The molecule has 0 fully saturated rings. The van der Waals surface area contributed by atoms with Crippen molar-refractivity contribution in [1.29, 1.82) is 0 Å². The predicted octanol–water partition coefficient (Wildman–Crippen LogP) is 1.75. The van der Waals surface area contributed by atoms with Crippen molar-refractivity contribution in [3.8, 4) is 0 Å². The van der Waals surface area contributed by atoms with Crippen molar-refractivity contribution in [2.24, 2.45) is 0 Å². The third-order valence-electron chi connectivity index (χ3n) is 1.99. The van der Waals surface area contributed by atoms with Gasteiger partial charge < -0.3 is 9.47 Å². The minimum atomic E-state index is -0.769. The van der Waals surface area contributed by atoms with Crippen LogP contribution in [0.5, 0.6) is 0 Å². The molecule has 0 bridgehead atoms. The van der Waals surface area contributed by atoms with E-state index >= 15 is 0 Å². The molecule has 0 heterocycles. The Hall–Kier alpha value is -0.570. The topological polar surface area (TPSA) is 35.5 Å². The van der Waals surface area contributed by atoms with Crippen LogP contribution < -0.4 is 0 Å². The highest BCUT2D eigenvalue weighted by Crippen LogP contribution is 2.15. The van der Waals surface area contributed by atoms with Gasteiger partial charge in [0.2, 0.25) is 0 Å². The molecule has 0 aromatic rings. The predicted molar refractivity (Wildman–Crippen MR) is 47.0 cm³/mol. The van der Waals surface area contributed by atoms with Crippen LogP contribution in [0.3, 0.4) is 0 Å². The number of carbonyl (C=O) groups excluding carboxylic acids is 1. The lowest BCUT2D eigenvalue weighted by Gasteiger charge is -2.23. The average Bonchev–Trinajstić information content (AvgIpc) is 2.12. The van der Waals surface area contributed by atoms with Crippen molar-refractivity contribution in [1.82, 2.24) is 0 Å². The number of ether oxygens (including phenoxy) is 2. The fourth-order valence-electron chi connectivity index (χ4n) is 0.719. The Morgan fingerprint density at radius 1 is 1.42 bits per heavy atom. The Labute approximate surface area is 74.0 Å². The second-order valence-corrected chi connectivity index (χ2v) is 2.92. The van der Waals surface area contributed by atoms with E-state index in [1.165, 1.54) is 7.11 Å². The van der Waals surface area contributed by atoms with Crippen LogP contribution in [0.4, 0.5) is 0 Å². The zero-order valence-electron chi connectivity index (χ0n) is 8.35. The molecular formula is C9H18O3. The molecule has 12 heavy (non-hydrogen) atoms. The Morgan fingerprint density at radius 3 is 2.33 bits per heavy atom. The van der Waals surface area contributed by atoms with Crippen LogP contribution in [0.2, 0.25) is 0 Å². The summed E-state index contributed by atoms with van der Waals surface area (Å²) in [6, 6.07) is 0. The van der Waals surface area contributed by atoms with E-state index < -0.39 is 5.60 Å². The van der Waals surface area contributed by atoms with Gasteiger partial charge in [-0.05, 0) is 19.8 Å². The molecule has 0 radical (unpaired) electrons. The lowest BCUT2D eigenvalue weighted by Crippen LogP contribution is -2.38. The fourth-order valence-corrected chi connectivity index (χ4v) is 0.719. The first-order valence-corrected chi connectivity index (χ1v) is 4.33. The van der Waals surface area contributed by atoms with Gasteiger partial charge in [0.25, 0.3) is 0 Å². The second-order valence-electron chi connectivity index (χ2n) is 2.92. The Balaban J connectivity index is 4.03. The van der Waals surface area contributed by atoms with Crippen LogP contribution in [0, 0.1) is 0 Å². The number of methoxy groups -OCH3 is 1. The van der Waals surface area contributed by atoms with Crippen LogP contribution >= 0.6 is 0 Å². The molecule has 0 spiro atoms. The summed E-state index contributed by atoms with van der Waals surface area (Å²) in [5.41, 5.74) is -0.769. The maximum atomic E-state index is 11.3. The minimum Gasteiger partial charge on any atom is -0.464 e. The Kier molecular flexibility index (Phi) is 4.90. The summed E-state index contributed by atoms with van der Waals surface area (Å²) < 4.78 is 10.0. The van der Waals surface area contributed by atoms with Gasteiger partial charge in [0.15, 0.2) is 5.60 Å². The van der Waals surface area contributed by atoms with E-state index in [4.69, 9.17) is 9.47 Å². The number of esters is 1. The summed E-state index contributed by atoms with van der Waals surface area (Å²) in [5, 5.41) is 0. The first kappa shape index (κ1) is 11.4. The largest absolute Gasteiger partial charge is 0.464 e. The third kappa shape index (κ3) is 2.81. The first-order valence-electron chi connectivity index (χ1n) is 4.33. The van der Waals surface area contributed by atoms with Gasteiger partial charge in [0.1, 0.15) is 0 Å². The highest BCUT2D eigenvalue weighted by molar-refractivity contribution is 5.78. The van der Waals surface area contributed by atoms with Gasteiger partial charge in [0, 0.05) is 7.11 Å². The van der Waals surface area contributed by atoms with E-state index in [0.29, 0.717) is 13.0 Å². The van der Waals surface area contributed by atoms with E-state index in [1.54, 1.807) is 6.92 Å². The monoisotopic (exact) mass is 174 g/mol. The van der Waals surface area contributed by atoms with Crippen molar-refractivity contribution in [2.45, 2.75) is 39.2 Å². The molecule has 0 amide bonds. The van der Waals surface area contributed by atoms with Gasteiger partial charge in [-0.2, -0.15) is 0 Å². The lowest BCUT2D eigenvalue weighted by molar-refractivity contribution is -0.167. The SMILES string of the molecule is CCCOC(=O)C(C)(CC)OC. The highest BCUT2D eigenvalue weighted by atomic mass is 16.6. The molecule has 0 aliphatic rings. The fraction of sp³-hybridized carbons (Fsp3) is 0.889. The molecule has 3 heteroatoms. The van der Waals surface area contributed by atoms with Crippen LogP contribution in [0.15, 0.2) is 0 Å². The number of carbonyl (C=O) groups is 1. The molecule has 0 saturated carbocycles. The molecule has 3 nitrogen and oxygen atoms in total. The molecule has 0 N–H and O–H groups in total. The number of hydrogen-bond donors (Lipinski definition) is 0. The standard InChI is InChI=1S/C9H18O3/c1-5-7-12-8(10)9(3,6-2)11-4/h5-7H2,1-4H3. The summed E-state index contributed by atoms with van der Waals surface area (Å²) in [7, 11) is 1.52. The van der Waals surface area contributed by atoms with Crippen LogP contribution in [0.1, 0.15) is 33.6 Å². The number of hydrogen-bond acceptors (Lipinski definition) is 3. The molecule has 0 aliphatic carbocycles. The second kappa shape index (κ2) is 5.14. The van der Waals surface area contributed by atoms with E-state index in [9.17, 15) is 4.79 Å². The van der Waals surface area contributed by atoms with Crippen molar-refractivity contribution in [3.63, 3.8) is 0 Å². The van der Waals surface area contributed by atoms with Gasteiger partial charge >= 0.3 is 5.97 Å². The van der Waals surface area contributed by atoms with Crippen molar-refractivity contribution < 1.29 is 14.3 Å². The van der Waals surface area contributed by atoms with E-state index in [2.05, 4.69) is 0 Å². The van der Waals surface area contributed by atoms with Crippen LogP contribution in [-0.2, 0) is 14.3 Å². The average molecular weight is 174 g/mol. The maximum absolute atomic E-state index is 11.3. The van der Waals surface area contributed by atoms with E-state index in [0.717, 1.165) is 6.42 Å². The summed E-state index contributed by atoms with van der Waals surface area (Å²) in [6.45, 7) is 6.07. The molecule has 0 aromatic carbocycles. The zero-order chi connectivity index (χ0) is 9.61. The quantitative estimate of drug-likeness (QED) is 0.596. The van der Waals surface area contributed by atoms with E-state index in [-0.39, 0.29) is 5.97 Å². The van der Waals surface area contributed by atoms with Crippen molar-refractivity contribution >= 4 is 5.97 Å². The Morgan fingerprint density at radius 2 is 2.00 bits per heavy atom. The lowest BCUT2D eigenvalue weighted by atomic mass is 10.0. The van der Waals surface area contributed by atoms with Gasteiger partial charge in [-0.25, -0.2) is 4.79 Å². The van der Waals surface area contributed by atoms with Gasteiger partial charge in [-0.3, -0.25) is 0 Å². The minimum absolute atomic E-state index is 0.269. The van der Waals surface area contributed by atoms with Crippen LogP contribution in [-0.4, -0.2) is 25.3 Å². The molecule has 1 unspecified atom stereocenters. The zero-order valence-corrected chi connectivity index (χ0v) is 8.35. The molecular weight excluding hydrogens is 156 g/mol. The Bertz CT molecular complexity index is 139. The maximum Gasteiger partial charge on any atom is 0.338 e. The highest BCUT2D eigenvalue weighted by Gasteiger charge is 2.32. The molecule has 72 valence electrons. The van der Waals surface area contributed by atoms with Gasteiger partial charge in [-0.1, -0.05) is 13.8 Å². The summed E-state index contributed by atoms with van der Waals surface area (Å²) in [6.07, 6.45) is 1.47. The summed E-state index contributed by atoms with van der Waals surface area (Å²) >= 11 is 0. The smallest absolute Gasteiger partial charge is 0.338 e. The molecule has 0 aliphatic heterocycles. The summed E-state index contributed by atoms with van der Waals surface area (Å²) in [5.74, 6) is -0.269. The van der Waals surface area contributed by atoms with Gasteiger partial charge in [0.05, 0.1) is 6.61 Å². The van der Waals surface area contributed by atoms with E-state index in [1.807, 2.05) is 13.8 Å². The van der Waals surface area contributed by atoms with Crippen molar-refractivity contribution in [3.05, 3.63) is 0 Å². The molecule has 1 atom stereocenters. The molecule has 0 rings (SSSR count). The third-order valence-corrected chi connectivity index (χ3v) is 1.99. The van der Waals surface area contributed by atoms with Crippen LogP contribution in [0.25, 0.3) is 0 Å². The molecule has 0 saturated heterocycles. The number of rotatable bonds is 5. The van der Waals surface area contributed by atoms with Crippen molar-refractivity contribution in [2.75, 3.05) is 13.7 Å². The molecule has 0 aromatic heterocycles. The first-order chi connectivity index (χ1) is 5.60. The normalized spacial score (nSPS) is 15.3.